The van der Waals surface area contributed by atoms with Gasteiger partial charge in [0.2, 0.25) is 0 Å². The summed E-state index contributed by atoms with van der Waals surface area (Å²) in [4.78, 5) is 2.35. The Labute approximate surface area is 300 Å². The topological polar surface area (TPSA) is 8.17 Å². The lowest BCUT2D eigenvalue weighted by atomic mass is 9.98. The number of thiophene rings is 1. The van der Waals surface area contributed by atoms with Gasteiger partial charge in [-0.2, -0.15) is 0 Å². The molecular weight excluding hydrogens is 637 g/mol. The van der Waals surface area contributed by atoms with Gasteiger partial charge in [-0.05, 0) is 77.4 Å². The first kappa shape index (κ1) is 29.5. The molecule has 0 atom stereocenters. The van der Waals surface area contributed by atoms with Crippen LogP contribution in [0.3, 0.4) is 0 Å². The van der Waals surface area contributed by atoms with Crippen LogP contribution in [0.15, 0.2) is 194 Å². The van der Waals surface area contributed by atoms with Gasteiger partial charge in [0.25, 0.3) is 0 Å². The van der Waals surface area contributed by atoms with Gasteiger partial charge in [0.15, 0.2) is 0 Å². The zero-order valence-electron chi connectivity index (χ0n) is 27.8. The molecule has 3 heteroatoms. The zero-order chi connectivity index (χ0) is 33.7. The molecule has 51 heavy (non-hydrogen) atoms. The summed E-state index contributed by atoms with van der Waals surface area (Å²) in [5, 5.41) is 5.17. The van der Waals surface area contributed by atoms with E-state index in [9.17, 15) is 0 Å². The van der Waals surface area contributed by atoms with Gasteiger partial charge in [-0.25, -0.2) is 0 Å². The minimum atomic E-state index is 1.13. The molecule has 0 aliphatic rings. The van der Waals surface area contributed by atoms with E-state index >= 15 is 0 Å². The summed E-state index contributed by atoms with van der Waals surface area (Å²) in [5.41, 5.74) is 11.8. The zero-order valence-corrected chi connectivity index (χ0v) is 28.6. The average molecular weight is 669 g/mol. The first-order valence-corrected chi connectivity index (χ1v) is 18.2. The van der Waals surface area contributed by atoms with Crippen LogP contribution in [-0.2, 0) is 0 Å². The number of hydrogen-bond donors (Lipinski definition) is 0. The van der Waals surface area contributed by atoms with Crippen molar-refractivity contribution in [1.29, 1.82) is 0 Å². The Hall–Kier alpha value is -6.42. The molecule has 0 aliphatic heterocycles. The summed E-state index contributed by atoms with van der Waals surface area (Å²) >= 11 is 1.86. The number of para-hydroxylation sites is 4. The molecule has 2 aromatic heterocycles. The van der Waals surface area contributed by atoms with Gasteiger partial charge in [0, 0.05) is 53.6 Å². The van der Waals surface area contributed by atoms with Crippen LogP contribution < -0.4 is 4.90 Å². The molecule has 10 aromatic rings. The van der Waals surface area contributed by atoms with Gasteiger partial charge in [-0.3, -0.25) is 0 Å². The molecule has 0 bridgehead atoms. The Bertz CT molecular complexity index is 2790. The maximum absolute atomic E-state index is 2.41. The van der Waals surface area contributed by atoms with Crippen LogP contribution in [-0.4, -0.2) is 4.57 Å². The van der Waals surface area contributed by atoms with Crippen molar-refractivity contribution >= 4 is 70.4 Å². The van der Waals surface area contributed by atoms with Gasteiger partial charge in [0.05, 0.1) is 16.7 Å². The summed E-state index contributed by atoms with van der Waals surface area (Å²) in [6.45, 7) is 0. The first-order chi connectivity index (χ1) is 25.3. The van der Waals surface area contributed by atoms with Crippen molar-refractivity contribution in [2.75, 3.05) is 4.90 Å². The van der Waals surface area contributed by atoms with E-state index in [1.807, 2.05) is 11.3 Å². The third kappa shape index (κ3) is 5.01. The molecule has 0 saturated carbocycles. The summed E-state index contributed by atoms with van der Waals surface area (Å²) < 4.78 is 5.02. The van der Waals surface area contributed by atoms with Crippen molar-refractivity contribution in [3.63, 3.8) is 0 Å². The highest BCUT2D eigenvalue weighted by molar-refractivity contribution is 7.25. The van der Waals surface area contributed by atoms with Gasteiger partial charge < -0.3 is 9.47 Å². The number of anilines is 3. The average Bonchev–Trinajstić information content (AvgIpc) is 3.74. The van der Waals surface area contributed by atoms with Crippen LogP contribution in [0.1, 0.15) is 0 Å². The standard InChI is InChI=1S/C48H32N2S/c1-2-12-36(13-3-1)49(38-30-31-43-42-17-7-11-21-47(42)51-48(43)32-38)37-28-26-34(27-29-37)33-22-24-35(25-23-33)39-14-4-8-18-44(39)50-45-19-9-5-15-40(45)41-16-6-10-20-46(41)50/h1-32H. The molecule has 0 spiro atoms. The lowest BCUT2D eigenvalue weighted by Crippen LogP contribution is -2.09. The Morgan fingerprint density at radius 2 is 0.863 bits per heavy atom. The van der Waals surface area contributed by atoms with Crippen LogP contribution >= 0.6 is 11.3 Å². The van der Waals surface area contributed by atoms with Crippen molar-refractivity contribution in [3.05, 3.63) is 194 Å². The maximum atomic E-state index is 2.41. The van der Waals surface area contributed by atoms with Crippen molar-refractivity contribution in [2.24, 2.45) is 0 Å². The molecule has 0 N–H and O–H groups in total. The number of hydrogen-bond acceptors (Lipinski definition) is 2. The number of fused-ring (bicyclic) bond motifs is 6. The minimum absolute atomic E-state index is 1.13. The molecule has 240 valence electrons. The van der Waals surface area contributed by atoms with E-state index in [0.717, 1.165) is 17.1 Å². The van der Waals surface area contributed by atoms with Crippen molar-refractivity contribution in [3.8, 4) is 27.9 Å². The monoisotopic (exact) mass is 668 g/mol. The van der Waals surface area contributed by atoms with Crippen LogP contribution in [0, 0.1) is 0 Å². The van der Waals surface area contributed by atoms with Crippen LogP contribution in [0.4, 0.5) is 17.1 Å². The fourth-order valence-corrected chi connectivity index (χ4v) is 8.76. The molecule has 0 aliphatic carbocycles. The number of nitrogens with zero attached hydrogens (tertiary/aromatic N) is 2. The third-order valence-electron chi connectivity index (χ3n) is 10.0. The lowest BCUT2D eigenvalue weighted by molar-refractivity contribution is 1.18. The van der Waals surface area contributed by atoms with E-state index in [4.69, 9.17) is 0 Å². The molecule has 0 unspecified atom stereocenters. The highest BCUT2D eigenvalue weighted by atomic mass is 32.1. The van der Waals surface area contributed by atoms with E-state index in [2.05, 4.69) is 204 Å². The van der Waals surface area contributed by atoms with E-state index in [0.29, 0.717) is 0 Å². The Morgan fingerprint density at radius 1 is 0.353 bits per heavy atom. The first-order valence-electron chi connectivity index (χ1n) is 17.4. The van der Waals surface area contributed by atoms with Crippen LogP contribution in [0.5, 0.6) is 0 Å². The quantitative estimate of drug-likeness (QED) is 0.171. The summed E-state index contributed by atoms with van der Waals surface area (Å²) in [6, 6.07) is 70.3. The Kier molecular flexibility index (Phi) is 7.04. The molecule has 0 saturated heterocycles. The van der Waals surface area contributed by atoms with Crippen molar-refractivity contribution < 1.29 is 0 Å². The third-order valence-corrected chi connectivity index (χ3v) is 11.1. The maximum Gasteiger partial charge on any atom is 0.0541 e. The summed E-state index contributed by atoms with van der Waals surface area (Å²) in [6.07, 6.45) is 0. The van der Waals surface area contributed by atoms with Gasteiger partial charge >= 0.3 is 0 Å². The van der Waals surface area contributed by atoms with E-state index in [-0.39, 0.29) is 0 Å². The summed E-state index contributed by atoms with van der Waals surface area (Å²) in [5.74, 6) is 0. The minimum Gasteiger partial charge on any atom is -0.310 e. The van der Waals surface area contributed by atoms with Gasteiger partial charge in [0.1, 0.15) is 0 Å². The second-order valence-electron chi connectivity index (χ2n) is 13.0. The predicted octanol–water partition coefficient (Wildman–Crippen LogP) is 14.0. The second kappa shape index (κ2) is 12.2. The molecule has 10 rings (SSSR count). The van der Waals surface area contributed by atoms with E-state index < -0.39 is 0 Å². The molecular formula is C48H32N2S. The largest absolute Gasteiger partial charge is 0.310 e. The molecule has 8 aromatic carbocycles. The Morgan fingerprint density at radius 3 is 1.59 bits per heavy atom. The number of rotatable bonds is 6. The highest BCUT2D eigenvalue weighted by Gasteiger charge is 2.17. The smallest absolute Gasteiger partial charge is 0.0541 e. The molecule has 0 fully saturated rings. The highest BCUT2D eigenvalue weighted by Crippen LogP contribution is 2.41. The van der Waals surface area contributed by atoms with Crippen molar-refractivity contribution in [2.45, 2.75) is 0 Å². The molecule has 0 amide bonds. The number of benzene rings is 8. The van der Waals surface area contributed by atoms with E-state index in [1.54, 1.807) is 0 Å². The molecule has 0 radical (unpaired) electrons. The molecule has 2 heterocycles. The normalized spacial score (nSPS) is 11.5. The van der Waals surface area contributed by atoms with Gasteiger partial charge in [-0.15, -0.1) is 11.3 Å². The SMILES string of the molecule is c1ccc(N(c2ccc(-c3ccc(-c4ccccc4-n4c5ccccc5c5ccccc54)cc3)cc2)c2ccc3c(c2)sc2ccccc23)cc1. The van der Waals surface area contributed by atoms with Crippen molar-refractivity contribution in [1.82, 2.24) is 4.57 Å². The fourth-order valence-electron chi connectivity index (χ4n) is 7.62. The van der Waals surface area contributed by atoms with Gasteiger partial charge in [-0.1, -0.05) is 133 Å². The lowest BCUT2D eigenvalue weighted by Gasteiger charge is -2.25. The predicted molar refractivity (Wildman–Crippen MR) is 219 cm³/mol. The summed E-state index contributed by atoms with van der Waals surface area (Å²) in [7, 11) is 0. The second-order valence-corrected chi connectivity index (χ2v) is 14.0. The molecule has 2 nitrogen and oxygen atoms in total. The van der Waals surface area contributed by atoms with E-state index in [1.165, 1.54) is 69.9 Å². The van der Waals surface area contributed by atoms with Crippen LogP contribution in [0.2, 0.25) is 0 Å². The Balaban J connectivity index is 1.00. The van der Waals surface area contributed by atoms with Crippen LogP contribution in [0.25, 0.3) is 69.9 Å². The fraction of sp³-hybridized carbons (Fsp3) is 0. The number of aromatic nitrogens is 1.